The number of aromatic nitrogens is 2. The summed E-state index contributed by atoms with van der Waals surface area (Å²) in [6, 6.07) is 6.80. The van der Waals surface area contributed by atoms with Gasteiger partial charge in [-0.15, -0.1) is 0 Å². The summed E-state index contributed by atoms with van der Waals surface area (Å²) in [6.45, 7) is 0. The average molecular weight is 473 g/mol. The van der Waals surface area contributed by atoms with E-state index < -0.39 is 30.0 Å². The number of alkyl halides is 3. The third-order valence-electron chi connectivity index (χ3n) is 4.93. The van der Waals surface area contributed by atoms with Crippen molar-refractivity contribution >= 4 is 40.6 Å². The highest BCUT2D eigenvalue weighted by Gasteiger charge is 2.47. The lowest BCUT2D eigenvalue weighted by atomic mass is 9.96. The molecule has 2 N–H and O–H groups in total. The Balaban J connectivity index is 1.69. The molecular weight excluding hydrogens is 459 g/mol. The van der Waals surface area contributed by atoms with E-state index in [1.54, 1.807) is 0 Å². The van der Waals surface area contributed by atoms with E-state index in [0.717, 1.165) is 10.9 Å². The minimum atomic E-state index is -4.60. The van der Waals surface area contributed by atoms with Crippen molar-refractivity contribution in [2.75, 3.05) is 10.6 Å². The van der Waals surface area contributed by atoms with Crippen molar-refractivity contribution in [3.63, 3.8) is 0 Å². The highest BCUT2D eigenvalue weighted by molar-refractivity contribution is 6.36. The third-order valence-corrected chi connectivity index (χ3v) is 5.48. The van der Waals surface area contributed by atoms with Gasteiger partial charge in [-0.2, -0.15) is 18.3 Å². The number of nitrogens with zero attached hydrogens (tertiary/aromatic N) is 2. The predicted molar refractivity (Wildman–Crippen MR) is 109 cm³/mol. The largest absolute Gasteiger partial charge is 0.410 e. The summed E-state index contributed by atoms with van der Waals surface area (Å²) in [5.74, 6) is -1.29. The number of fused-ring (bicyclic) bond motifs is 1. The molecule has 2 atom stereocenters. The number of anilines is 2. The van der Waals surface area contributed by atoms with Crippen LogP contribution >= 0.6 is 23.2 Å². The summed E-state index contributed by atoms with van der Waals surface area (Å²) >= 11 is 11.9. The third kappa shape index (κ3) is 4.33. The van der Waals surface area contributed by atoms with Gasteiger partial charge in [-0.05, 0) is 35.9 Å². The molecule has 0 fully saturated rings. The number of nitrogens with one attached hydrogen (secondary N) is 2. The second kappa shape index (κ2) is 8.05. The monoisotopic (exact) mass is 472 g/mol. The number of hydrogen-bond donors (Lipinski definition) is 2. The zero-order valence-corrected chi connectivity index (χ0v) is 17.1. The maximum absolute atomic E-state index is 13.7. The van der Waals surface area contributed by atoms with Gasteiger partial charge in [0.25, 0.3) is 5.91 Å². The summed E-state index contributed by atoms with van der Waals surface area (Å²) in [4.78, 5) is 12.8. The molecule has 5 nitrogen and oxygen atoms in total. The Bertz CT molecular complexity index is 1130. The number of hydrogen-bond acceptors (Lipinski definition) is 3. The quantitative estimate of drug-likeness (QED) is 0.443. The molecule has 3 aromatic rings. The van der Waals surface area contributed by atoms with Gasteiger partial charge in [0.15, 0.2) is 6.04 Å². The Labute approximate surface area is 184 Å². The van der Waals surface area contributed by atoms with Gasteiger partial charge in [0.2, 0.25) is 0 Å². The van der Waals surface area contributed by atoms with E-state index in [2.05, 4.69) is 15.7 Å². The van der Waals surface area contributed by atoms with Crippen molar-refractivity contribution in [2.24, 2.45) is 0 Å². The van der Waals surface area contributed by atoms with Crippen LogP contribution in [-0.4, -0.2) is 21.9 Å². The molecule has 1 aromatic heterocycles. The Kier molecular flexibility index (Phi) is 5.57. The van der Waals surface area contributed by atoms with Crippen molar-refractivity contribution in [3.8, 4) is 0 Å². The molecule has 1 amide bonds. The zero-order chi connectivity index (χ0) is 22.3. The fourth-order valence-electron chi connectivity index (χ4n) is 3.42. The first-order chi connectivity index (χ1) is 14.6. The summed E-state index contributed by atoms with van der Waals surface area (Å²) in [5.41, 5.74) is 0.608. The molecule has 0 radical (unpaired) electrons. The van der Waals surface area contributed by atoms with Crippen molar-refractivity contribution in [2.45, 2.75) is 24.7 Å². The van der Waals surface area contributed by atoms with Crippen LogP contribution in [0.25, 0.3) is 0 Å². The molecule has 0 aliphatic carbocycles. The van der Waals surface area contributed by atoms with E-state index in [4.69, 9.17) is 23.2 Å². The molecule has 0 unspecified atom stereocenters. The zero-order valence-electron chi connectivity index (χ0n) is 15.6. The molecule has 0 saturated heterocycles. The normalized spacial score (nSPS) is 18.3. The minimum Gasteiger partial charge on any atom is -0.363 e. The van der Waals surface area contributed by atoms with E-state index in [9.17, 15) is 22.4 Å². The lowest BCUT2D eigenvalue weighted by Crippen LogP contribution is -2.36. The van der Waals surface area contributed by atoms with Gasteiger partial charge in [-0.3, -0.25) is 4.79 Å². The lowest BCUT2D eigenvalue weighted by Gasteiger charge is -2.34. The van der Waals surface area contributed by atoms with Crippen LogP contribution in [0.3, 0.4) is 0 Å². The molecule has 1 aliphatic rings. The van der Waals surface area contributed by atoms with Gasteiger partial charge in [0, 0.05) is 11.4 Å². The first kappa shape index (κ1) is 21.5. The van der Waals surface area contributed by atoms with Crippen molar-refractivity contribution in [1.82, 2.24) is 9.78 Å². The Morgan fingerprint density at radius 3 is 2.52 bits per heavy atom. The van der Waals surface area contributed by atoms with E-state index >= 15 is 0 Å². The number of rotatable bonds is 3. The van der Waals surface area contributed by atoms with Crippen LogP contribution in [0.5, 0.6) is 0 Å². The van der Waals surface area contributed by atoms with Gasteiger partial charge in [-0.1, -0.05) is 35.3 Å². The molecule has 2 heterocycles. The van der Waals surface area contributed by atoms with Crippen LogP contribution in [0.15, 0.2) is 48.7 Å². The number of benzene rings is 2. The molecule has 162 valence electrons. The Morgan fingerprint density at radius 1 is 1.16 bits per heavy atom. The van der Waals surface area contributed by atoms with Crippen molar-refractivity contribution in [3.05, 3.63) is 75.7 Å². The van der Waals surface area contributed by atoms with Gasteiger partial charge in [-0.25, -0.2) is 9.07 Å². The highest BCUT2D eigenvalue weighted by Crippen LogP contribution is 2.44. The smallest absolute Gasteiger partial charge is 0.363 e. The fourth-order valence-corrected chi connectivity index (χ4v) is 3.88. The molecule has 4 rings (SSSR count). The van der Waals surface area contributed by atoms with Crippen molar-refractivity contribution < 1.29 is 22.4 Å². The number of halogens is 6. The Morgan fingerprint density at radius 2 is 1.87 bits per heavy atom. The summed E-state index contributed by atoms with van der Waals surface area (Å²) < 4.78 is 55.2. The molecular formula is C20H14Cl2F4N4O. The molecule has 0 bridgehead atoms. The number of amides is 1. The van der Waals surface area contributed by atoms with Gasteiger partial charge >= 0.3 is 6.18 Å². The predicted octanol–water partition coefficient (Wildman–Crippen LogP) is 6.24. The van der Waals surface area contributed by atoms with Gasteiger partial charge < -0.3 is 10.6 Å². The average Bonchev–Trinajstić information content (AvgIpc) is 3.13. The second-order valence-corrected chi connectivity index (χ2v) is 7.81. The first-order valence-electron chi connectivity index (χ1n) is 9.06. The van der Waals surface area contributed by atoms with Crippen LogP contribution in [0, 0.1) is 5.82 Å². The van der Waals surface area contributed by atoms with Gasteiger partial charge in [0.1, 0.15) is 17.2 Å². The molecule has 0 spiro atoms. The molecule has 0 saturated carbocycles. The summed E-state index contributed by atoms with van der Waals surface area (Å²) in [7, 11) is 0. The topological polar surface area (TPSA) is 59.0 Å². The van der Waals surface area contributed by atoms with Crippen LogP contribution in [-0.2, 0) is 0 Å². The van der Waals surface area contributed by atoms with E-state index in [1.165, 1.54) is 42.5 Å². The summed E-state index contributed by atoms with van der Waals surface area (Å²) in [5, 5.41) is 9.83. The Hall–Kier alpha value is -2.78. The second-order valence-electron chi connectivity index (χ2n) is 6.97. The van der Waals surface area contributed by atoms with Crippen LogP contribution in [0.1, 0.15) is 34.4 Å². The maximum atomic E-state index is 13.7. The van der Waals surface area contributed by atoms with E-state index in [1.807, 2.05) is 0 Å². The lowest BCUT2D eigenvalue weighted by molar-refractivity contribution is -0.173. The highest BCUT2D eigenvalue weighted by atomic mass is 35.5. The standard InChI is InChI=1S/C20H14Cl2F4N4O/c21-11-3-6-15(14(22)7-11)29-19(31)13-9-27-30-17(20(24,25)26)8-16(28-18(13)30)10-1-4-12(23)5-2-10/h1-7,9,16-17,28H,8H2,(H,29,31)/t16-,17-/m0/s1. The van der Waals surface area contributed by atoms with Crippen molar-refractivity contribution in [1.29, 1.82) is 0 Å². The molecule has 11 heteroatoms. The SMILES string of the molecule is O=C(Nc1ccc(Cl)cc1Cl)c1cnn2c1N[C@H](c1ccc(F)cc1)C[C@H]2C(F)(F)F. The van der Waals surface area contributed by atoms with E-state index in [0.29, 0.717) is 10.6 Å². The summed E-state index contributed by atoms with van der Waals surface area (Å²) in [6.07, 6.45) is -3.91. The molecule has 2 aromatic carbocycles. The van der Waals surface area contributed by atoms with E-state index in [-0.39, 0.29) is 28.5 Å². The first-order valence-corrected chi connectivity index (χ1v) is 9.81. The minimum absolute atomic E-state index is 0.0907. The van der Waals surface area contributed by atoms with Crippen LogP contribution in [0.4, 0.5) is 29.1 Å². The maximum Gasteiger partial charge on any atom is 0.410 e. The number of carbonyl (C=O) groups excluding carboxylic acids is 1. The van der Waals surface area contributed by atoms with Crippen LogP contribution < -0.4 is 10.6 Å². The fraction of sp³-hybridized carbons (Fsp3) is 0.200. The molecule has 31 heavy (non-hydrogen) atoms. The number of carbonyl (C=O) groups is 1. The molecule has 1 aliphatic heterocycles. The van der Waals surface area contributed by atoms with Gasteiger partial charge in [0.05, 0.1) is 22.9 Å². The van der Waals surface area contributed by atoms with Crippen LogP contribution in [0.2, 0.25) is 10.0 Å².